The minimum atomic E-state index is -0.210. The van der Waals surface area contributed by atoms with E-state index in [9.17, 15) is 9.59 Å². The summed E-state index contributed by atoms with van der Waals surface area (Å²) in [6.07, 6.45) is 0.139. The summed E-state index contributed by atoms with van der Waals surface area (Å²) < 4.78 is 1.76. The summed E-state index contributed by atoms with van der Waals surface area (Å²) >= 11 is 0. The Kier molecular flexibility index (Phi) is 5.64. The third-order valence-electron chi connectivity index (χ3n) is 4.81. The van der Waals surface area contributed by atoms with Crippen molar-refractivity contribution in [1.29, 1.82) is 0 Å². The van der Waals surface area contributed by atoms with Gasteiger partial charge in [0.05, 0.1) is 17.8 Å². The molecule has 0 aliphatic rings. The maximum Gasteiger partial charge on any atom is 0.231 e. The number of carbonyl (C=O) groups is 2. The Labute approximate surface area is 171 Å². The fourth-order valence-electron chi connectivity index (χ4n) is 2.96. The lowest BCUT2D eigenvalue weighted by Gasteiger charge is -2.16. The number of carbonyl (C=O) groups excluding carboxylic acids is 2. The molecule has 3 aromatic rings. The van der Waals surface area contributed by atoms with E-state index in [1.807, 2.05) is 37.3 Å². The first kappa shape index (κ1) is 20.5. The molecule has 0 spiro atoms. The number of hydrogen-bond donors (Lipinski definition) is 1. The zero-order chi connectivity index (χ0) is 21.2. The lowest BCUT2D eigenvalue weighted by molar-refractivity contribution is -0.115. The molecule has 0 aliphatic heterocycles. The molecule has 2 heterocycles. The van der Waals surface area contributed by atoms with Crippen LogP contribution in [0.2, 0.25) is 0 Å². The quantitative estimate of drug-likeness (QED) is 0.672. The summed E-state index contributed by atoms with van der Waals surface area (Å²) in [5.41, 5.74) is 3.78. The van der Waals surface area contributed by atoms with Gasteiger partial charge >= 0.3 is 0 Å². The van der Waals surface area contributed by atoms with E-state index in [-0.39, 0.29) is 23.5 Å². The Hall–Kier alpha value is -3.28. The maximum atomic E-state index is 12.7. The average molecular weight is 390 g/mol. The number of amides is 1. The normalized spacial score (nSPS) is 11.3. The third kappa shape index (κ3) is 4.77. The molecule has 0 unspecified atom stereocenters. The molecule has 0 atom stereocenters. The van der Waals surface area contributed by atoms with Crippen molar-refractivity contribution in [3.05, 3.63) is 76.7 Å². The van der Waals surface area contributed by atoms with Gasteiger partial charge in [0.25, 0.3) is 0 Å². The van der Waals surface area contributed by atoms with Gasteiger partial charge in [-0.2, -0.15) is 5.10 Å². The number of aryl methyl sites for hydroxylation is 1. The Bertz CT molecular complexity index is 1030. The van der Waals surface area contributed by atoms with Crippen LogP contribution in [0.4, 0.5) is 5.82 Å². The van der Waals surface area contributed by atoms with E-state index in [0.29, 0.717) is 17.1 Å². The van der Waals surface area contributed by atoms with Crippen molar-refractivity contribution in [2.24, 2.45) is 7.05 Å². The van der Waals surface area contributed by atoms with Gasteiger partial charge in [-0.25, -0.2) is 0 Å². The average Bonchev–Trinajstić information content (AvgIpc) is 3.02. The summed E-state index contributed by atoms with van der Waals surface area (Å²) in [6.45, 7) is 8.15. The van der Waals surface area contributed by atoms with Crippen LogP contribution < -0.4 is 5.32 Å². The van der Waals surface area contributed by atoms with E-state index in [4.69, 9.17) is 0 Å². The molecular weight excluding hydrogens is 364 g/mol. The highest BCUT2D eigenvalue weighted by molar-refractivity contribution is 6.08. The number of hydrogen-bond acceptors (Lipinski definition) is 4. The van der Waals surface area contributed by atoms with Gasteiger partial charge in [-0.3, -0.25) is 9.59 Å². The molecule has 0 bridgehead atoms. The fraction of sp³-hybridized carbons (Fsp3) is 0.304. The zero-order valence-electron chi connectivity index (χ0n) is 17.5. The molecule has 3 rings (SSSR count). The van der Waals surface area contributed by atoms with E-state index >= 15 is 0 Å². The van der Waals surface area contributed by atoms with E-state index in [2.05, 4.69) is 36.3 Å². The number of benzene rings is 1. The molecule has 6 nitrogen and oxygen atoms in total. The smallest absolute Gasteiger partial charge is 0.231 e. The molecule has 0 fully saturated rings. The molecule has 0 saturated carbocycles. The summed E-state index contributed by atoms with van der Waals surface area (Å²) in [5, 5.41) is 11.0. The van der Waals surface area contributed by atoms with Crippen LogP contribution in [-0.4, -0.2) is 26.5 Å². The predicted molar refractivity (Wildman–Crippen MR) is 113 cm³/mol. The van der Waals surface area contributed by atoms with E-state index in [1.165, 1.54) is 0 Å². The second kappa shape index (κ2) is 7.99. The van der Waals surface area contributed by atoms with Crippen molar-refractivity contribution in [2.75, 3.05) is 5.32 Å². The van der Waals surface area contributed by atoms with Gasteiger partial charge in [0, 0.05) is 23.7 Å². The van der Waals surface area contributed by atoms with Gasteiger partial charge in [0.15, 0.2) is 5.82 Å². The first-order chi connectivity index (χ1) is 13.6. The van der Waals surface area contributed by atoms with Gasteiger partial charge in [-0.15, -0.1) is 5.10 Å². The molecule has 0 aliphatic carbocycles. The minimum Gasteiger partial charge on any atom is -0.344 e. The van der Waals surface area contributed by atoms with Crippen LogP contribution in [-0.2, 0) is 23.7 Å². The lowest BCUT2D eigenvalue weighted by atomic mass is 9.92. The Balaban J connectivity index is 1.68. The zero-order valence-corrected chi connectivity index (χ0v) is 17.5. The van der Waals surface area contributed by atoms with Crippen molar-refractivity contribution >= 4 is 17.5 Å². The number of ketones is 1. The van der Waals surface area contributed by atoms with Crippen molar-refractivity contribution in [2.45, 2.75) is 39.5 Å². The first-order valence-corrected chi connectivity index (χ1v) is 9.55. The largest absolute Gasteiger partial charge is 0.344 e. The molecule has 6 heteroatoms. The van der Waals surface area contributed by atoms with Gasteiger partial charge < -0.3 is 9.88 Å². The topological polar surface area (TPSA) is 76.9 Å². The molecular formula is C23H26N4O2. The molecule has 2 aromatic heterocycles. The highest BCUT2D eigenvalue weighted by Crippen LogP contribution is 2.20. The van der Waals surface area contributed by atoms with Crippen LogP contribution in [0.5, 0.6) is 0 Å². The highest BCUT2D eigenvalue weighted by atomic mass is 16.1. The Morgan fingerprint density at radius 1 is 0.966 bits per heavy atom. The molecule has 0 radical (unpaired) electrons. The van der Waals surface area contributed by atoms with Crippen LogP contribution in [0.25, 0.3) is 0 Å². The number of nitrogens with one attached hydrogen (secondary N) is 1. The monoisotopic (exact) mass is 390 g/mol. The van der Waals surface area contributed by atoms with Gasteiger partial charge in [-0.1, -0.05) is 50.6 Å². The van der Waals surface area contributed by atoms with Gasteiger partial charge in [0.1, 0.15) is 0 Å². The number of nitrogens with zero attached hydrogens (tertiary/aromatic N) is 3. The molecule has 1 N–H and O–H groups in total. The second-order valence-corrected chi connectivity index (χ2v) is 8.24. The lowest BCUT2D eigenvalue weighted by Crippen LogP contribution is -2.19. The SMILES string of the molecule is Cc1ccc(C(=O)c2ccc(CC(=O)Nc3ccc(C(C)(C)C)nn3)n2C)cc1. The van der Waals surface area contributed by atoms with E-state index < -0.39 is 0 Å². The van der Waals surface area contributed by atoms with Crippen LogP contribution in [0.15, 0.2) is 48.5 Å². The van der Waals surface area contributed by atoms with Crippen molar-refractivity contribution < 1.29 is 9.59 Å². The molecule has 1 aromatic carbocycles. The highest BCUT2D eigenvalue weighted by Gasteiger charge is 2.18. The van der Waals surface area contributed by atoms with Crippen LogP contribution in [0.3, 0.4) is 0 Å². The van der Waals surface area contributed by atoms with Crippen LogP contribution >= 0.6 is 0 Å². The summed E-state index contributed by atoms with van der Waals surface area (Å²) in [7, 11) is 1.79. The molecule has 1 amide bonds. The minimum absolute atomic E-state index is 0.0669. The number of anilines is 1. The fourth-order valence-corrected chi connectivity index (χ4v) is 2.96. The van der Waals surface area contributed by atoms with Gasteiger partial charge in [-0.05, 0) is 31.2 Å². The third-order valence-corrected chi connectivity index (χ3v) is 4.81. The Morgan fingerprint density at radius 3 is 2.24 bits per heavy atom. The summed E-state index contributed by atoms with van der Waals surface area (Å²) in [4.78, 5) is 25.2. The van der Waals surface area contributed by atoms with Crippen LogP contribution in [0, 0.1) is 6.92 Å². The van der Waals surface area contributed by atoms with Crippen molar-refractivity contribution in [1.82, 2.24) is 14.8 Å². The summed E-state index contributed by atoms with van der Waals surface area (Å²) in [6, 6.07) is 14.6. The standard InChI is InChI=1S/C23H26N4O2/c1-15-6-8-16(9-7-15)22(29)18-11-10-17(27(18)5)14-21(28)24-20-13-12-19(25-26-20)23(2,3)4/h6-13H,14H2,1-5H3,(H,24,26,28). The van der Waals surface area contributed by atoms with Crippen LogP contribution in [0.1, 0.15) is 53.8 Å². The molecule has 0 saturated heterocycles. The first-order valence-electron chi connectivity index (χ1n) is 9.55. The number of aromatic nitrogens is 3. The van der Waals surface area contributed by atoms with E-state index in [0.717, 1.165) is 17.0 Å². The van der Waals surface area contributed by atoms with Gasteiger partial charge in [0.2, 0.25) is 11.7 Å². The Morgan fingerprint density at radius 2 is 1.66 bits per heavy atom. The van der Waals surface area contributed by atoms with Crippen molar-refractivity contribution in [3.63, 3.8) is 0 Å². The number of rotatable bonds is 5. The molecule has 150 valence electrons. The summed E-state index contributed by atoms with van der Waals surface area (Å²) in [5.74, 6) is 0.134. The van der Waals surface area contributed by atoms with Crippen molar-refractivity contribution in [3.8, 4) is 0 Å². The predicted octanol–water partition coefficient (Wildman–Crippen LogP) is 3.83. The second-order valence-electron chi connectivity index (χ2n) is 8.24. The maximum absolute atomic E-state index is 12.7. The molecule has 29 heavy (non-hydrogen) atoms. The van der Waals surface area contributed by atoms with E-state index in [1.54, 1.807) is 29.8 Å².